The van der Waals surface area contributed by atoms with Gasteiger partial charge < -0.3 is 21.5 Å². The molecule has 0 amide bonds. The fraction of sp³-hybridized carbons (Fsp3) is 0.125. The number of aryl methyl sites for hydroxylation is 2. The van der Waals surface area contributed by atoms with E-state index in [1.54, 1.807) is 24.3 Å². The summed E-state index contributed by atoms with van der Waals surface area (Å²) < 4.78 is 44.0. The molecule has 0 fully saturated rings. The molecule has 2 aromatic carbocycles. The number of nitrogens with one attached hydrogen (secondary N) is 1. The van der Waals surface area contributed by atoms with E-state index >= 15 is 0 Å². The number of aromatic nitrogens is 3. The minimum absolute atomic E-state index is 0.0392. The molecule has 34 heavy (non-hydrogen) atoms. The number of nitrogens with zero attached hydrogens (tertiary/aromatic N) is 3. The number of alkyl halides is 3. The molecule has 174 valence electrons. The maximum absolute atomic E-state index is 12.8. The molecule has 7 nitrogen and oxygen atoms in total. The molecule has 0 unspecified atom stereocenters. The molecule has 2 heterocycles. The zero-order valence-electron chi connectivity index (χ0n) is 17.9. The SMILES string of the molecule is Nc1ccc(CCc2cc(Nc3ccc(Oc4ccnc(C(F)(F)F)c4)cc3)nc(N)n2)cc1. The standard InChI is InChI=1S/C24H21F3N6O/c25-24(26,27)21-14-20(11-12-30-21)34-19-9-7-17(8-10-19)31-22-13-18(32-23(29)33-22)6-3-15-1-4-16(28)5-2-15/h1-2,4-5,7-14H,3,6,28H2,(H3,29,31,32,33). The Morgan fingerprint density at radius 2 is 1.56 bits per heavy atom. The van der Waals surface area contributed by atoms with Crippen molar-refractivity contribution >= 4 is 23.1 Å². The average molecular weight is 466 g/mol. The van der Waals surface area contributed by atoms with Crippen LogP contribution in [0.5, 0.6) is 11.5 Å². The summed E-state index contributed by atoms with van der Waals surface area (Å²) in [4.78, 5) is 11.8. The van der Waals surface area contributed by atoms with Crippen molar-refractivity contribution in [3.05, 3.63) is 89.9 Å². The van der Waals surface area contributed by atoms with Gasteiger partial charge in [0.1, 0.15) is 23.0 Å². The zero-order valence-corrected chi connectivity index (χ0v) is 17.9. The summed E-state index contributed by atoms with van der Waals surface area (Å²) in [5, 5.41) is 3.15. The van der Waals surface area contributed by atoms with Crippen LogP contribution in [0.1, 0.15) is 17.0 Å². The lowest BCUT2D eigenvalue weighted by atomic mass is 10.1. The number of benzene rings is 2. The van der Waals surface area contributed by atoms with Gasteiger partial charge in [-0.05, 0) is 60.9 Å². The number of halogens is 3. The Bertz CT molecular complexity index is 1260. The molecule has 0 saturated heterocycles. The number of ether oxygens (including phenoxy) is 1. The highest BCUT2D eigenvalue weighted by Gasteiger charge is 2.32. The van der Waals surface area contributed by atoms with Crippen molar-refractivity contribution in [2.45, 2.75) is 19.0 Å². The minimum atomic E-state index is -4.54. The quantitative estimate of drug-likeness (QED) is 0.314. The van der Waals surface area contributed by atoms with E-state index in [1.807, 2.05) is 30.3 Å². The van der Waals surface area contributed by atoms with Crippen molar-refractivity contribution in [1.29, 1.82) is 0 Å². The Kier molecular flexibility index (Phi) is 6.48. The predicted molar refractivity (Wildman–Crippen MR) is 124 cm³/mol. The number of hydrogen-bond donors (Lipinski definition) is 3. The molecule has 4 rings (SSSR count). The van der Waals surface area contributed by atoms with Gasteiger partial charge in [-0.25, -0.2) is 4.98 Å². The van der Waals surface area contributed by atoms with Gasteiger partial charge in [0.05, 0.1) is 0 Å². The number of rotatable bonds is 7. The van der Waals surface area contributed by atoms with Gasteiger partial charge in [-0.1, -0.05) is 12.1 Å². The first-order chi connectivity index (χ1) is 16.2. The molecule has 0 saturated carbocycles. The molecule has 0 bridgehead atoms. The summed E-state index contributed by atoms with van der Waals surface area (Å²) >= 11 is 0. The van der Waals surface area contributed by atoms with E-state index in [0.29, 0.717) is 29.4 Å². The van der Waals surface area contributed by atoms with Gasteiger partial charge in [-0.2, -0.15) is 18.2 Å². The van der Waals surface area contributed by atoms with Crippen molar-refractivity contribution in [3.8, 4) is 11.5 Å². The highest BCUT2D eigenvalue weighted by Crippen LogP contribution is 2.31. The molecule has 5 N–H and O–H groups in total. The van der Waals surface area contributed by atoms with Crippen LogP contribution in [0.3, 0.4) is 0 Å². The summed E-state index contributed by atoms with van der Waals surface area (Å²) in [6, 6.07) is 18.4. The summed E-state index contributed by atoms with van der Waals surface area (Å²) in [7, 11) is 0. The van der Waals surface area contributed by atoms with E-state index in [4.69, 9.17) is 16.2 Å². The lowest BCUT2D eigenvalue weighted by molar-refractivity contribution is -0.141. The van der Waals surface area contributed by atoms with E-state index in [2.05, 4.69) is 20.3 Å². The average Bonchev–Trinajstić information content (AvgIpc) is 2.79. The number of nitrogen functional groups attached to an aromatic ring is 2. The fourth-order valence-electron chi connectivity index (χ4n) is 3.19. The number of anilines is 4. The molecule has 0 aliphatic rings. The third-order valence-corrected chi connectivity index (χ3v) is 4.83. The Hall–Kier alpha value is -4.34. The van der Waals surface area contributed by atoms with Gasteiger partial charge in [0.15, 0.2) is 0 Å². The van der Waals surface area contributed by atoms with E-state index in [0.717, 1.165) is 29.9 Å². The van der Waals surface area contributed by atoms with Crippen LogP contribution in [0.25, 0.3) is 0 Å². The molecule has 0 radical (unpaired) electrons. The predicted octanol–water partition coefficient (Wildman–Crippen LogP) is 5.38. The van der Waals surface area contributed by atoms with E-state index in [1.165, 1.54) is 6.07 Å². The fourth-order valence-corrected chi connectivity index (χ4v) is 3.19. The molecular formula is C24H21F3N6O. The summed E-state index contributed by atoms with van der Waals surface area (Å²) in [5.74, 6) is 1.08. The first kappa shape index (κ1) is 22.8. The maximum atomic E-state index is 12.8. The highest BCUT2D eigenvalue weighted by molar-refractivity contribution is 5.58. The first-order valence-corrected chi connectivity index (χ1v) is 10.3. The van der Waals surface area contributed by atoms with Crippen molar-refractivity contribution in [2.24, 2.45) is 0 Å². The van der Waals surface area contributed by atoms with Crippen LogP contribution in [-0.2, 0) is 19.0 Å². The van der Waals surface area contributed by atoms with Crippen LogP contribution in [0, 0.1) is 0 Å². The zero-order chi connectivity index (χ0) is 24.1. The van der Waals surface area contributed by atoms with Gasteiger partial charge in [-0.3, -0.25) is 4.98 Å². The Labute approximate surface area is 193 Å². The van der Waals surface area contributed by atoms with Gasteiger partial charge >= 0.3 is 6.18 Å². The van der Waals surface area contributed by atoms with Gasteiger partial charge in [0.25, 0.3) is 0 Å². The van der Waals surface area contributed by atoms with Crippen LogP contribution >= 0.6 is 0 Å². The van der Waals surface area contributed by atoms with E-state index in [-0.39, 0.29) is 11.7 Å². The molecule has 0 atom stereocenters. The van der Waals surface area contributed by atoms with Crippen LogP contribution in [0.2, 0.25) is 0 Å². The minimum Gasteiger partial charge on any atom is -0.457 e. The topological polar surface area (TPSA) is 112 Å². The largest absolute Gasteiger partial charge is 0.457 e. The molecule has 2 aromatic heterocycles. The van der Waals surface area contributed by atoms with Gasteiger partial charge in [-0.15, -0.1) is 0 Å². The highest BCUT2D eigenvalue weighted by atomic mass is 19.4. The summed E-state index contributed by atoms with van der Waals surface area (Å²) in [6.45, 7) is 0. The second kappa shape index (κ2) is 9.65. The monoisotopic (exact) mass is 466 g/mol. The third kappa shape index (κ3) is 6.12. The van der Waals surface area contributed by atoms with Gasteiger partial charge in [0, 0.05) is 35.4 Å². The van der Waals surface area contributed by atoms with Gasteiger partial charge in [0.2, 0.25) is 5.95 Å². The van der Waals surface area contributed by atoms with Crippen LogP contribution in [0.15, 0.2) is 72.9 Å². The molecule has 4 aromatic rings. The van der Waals surface area contributed by atoms with E-state index < -0.39 is 11.9 Å². The van der Waals surface area contributed by atoms with E-state index in [9.17, 15) is 13.2 Å². The molecule has 0 aliphatic carbocycles. The lowest BCUT2D eigenvalue weighted by Gasteiger charge is -2.11. The van der Waals surface area contributed by atoms with Crippen LogP contribution in [-0.4, -0.2) is 15.0 Å². The molecular weight excluding hydrogens is 445 g/mol. The Morgan fingerprint density at radius 3 is 2.26 bits per heavy atom. The van der Waals surface area contributed by atoms with Crippen LogP contribution in [0.4, 0.5) is 36.3 Å². The number of nitrogens with two attached hydrogens (primary N) is 2. The first-order valence-electron chi connectivity index (χ1n) is 10.3. The van der Waals surface area contributed by atoms with Crippen molar-refractivity contribution in [3.63, 3.8) is 0 Å². The smallest absolute Gasteiger partial charge is 0.433 e. The second-order valence-electron chi connectivity index (χ2n) is 7.47. The van der Waals surface area contributed by atoms with Crippen molar-refractivity contribution in [2.75, 3.05) is 16.8 Å². The lowest BCUT2D eigenvalue weighted by Crippen LogP contribution is -2.07. The Morgan fingerprint density at radius 1 is 0.824 bits per heavy atom. The summed E-state index contributed by atoms with van der Waals surface area (Å²) in [6.07, 6.45) is -2.05. The molecule has 10 heteroatoms. The maximum Gasteiger partial charge on any atom is 0.433 e. The van der Waals surface area contributed by atoms with Crippen molar-refractivity contribution in [1.82, 2.24) is 15.0 Å². The Balaban J connectivity index is 1.40. The second-order valence-corrected chi connectivity index (χ2v) is 7.47. The van der Waals surface area contributed by atoms with Crippen molar-refractivity contribution < 1.29 is 17.9 Å². The number of pyridine rings is 1. The third-order valence-electron chi connectivity index (χ3n) is 4.83. The molecule has 0 aliphatic heterocycles. The summed E-state index contributed by atoms with van der Waals surface area (Å²) in [5.41, 5.74) is 13.9. The molecule has 0 spiro atoms. The normalized spacial score (nSPS) is 11.3. The number of hydrogen-bond acceptors (Lipinski definition) is 7. The van der Waals surface area contributed by atoms with Crippen LogP contribution < -0.4 is 21.5 Å².